The summed E-state index contributed by atoms with van der Waals surface area (Å²) < 4.78 is 9.22. The van der Waals surface area contributed by atoms with Crippen molar-refractivity contribution in [2.75, 3.05) is 7.11 Å². The van der Waals surface area contributed by atoms with Crippen LogP contribution in [-0.4, -0.2) is 29.3 Å². The normalized spacial score (nSPS) is 14.6. The molecule has 2 unspecified atom stereocenters. The van der Waals surface area contributed by atoms with E-state index in [-0.39, 0.29) is 17.9 Å². The maximum atomic E-state index is 11.2. The van der Waals surface area contributed by atoms with Gasteiger partial charge in [-0.25, -0.2) is 0 Å². The number of methoxy groups -OCH3 is 1. The largest absolute Gasteiger partial charge is 0.469 e. The highest BCUT2D eigenvalue weighted by atomic mass is 16.5. The van der Waals surface area contributed by atoms with Crippen LogP contribution in [0.2, 0.25) is 0 Å². The van der Waals surface area contributed by atoms with Gasteiger partial charge in [-0.15, -0.1) is 0 Å². The Balaban J connectivity index is 2.35. The van der Waals surface area contributed by atoms with Crippen molar-refractivity contribution in [1.82, 2.24) is 15.5 Å². The lowest BCUT2D eigenvalue weighted by Gasteiger charge is -2.18. The third-order valence-corrected chi connectivity index (χ3v) is 2.31. The third-order valence-electron chi connectivity index (χ3n) is 2.31. The van der Waals surface area contributed by atoms with Gasteiger partial charge in [-0.1, -0.05) is 12.1 Å². The molecule has 1 aromatic rings. The highest BCUT2D eigenvalue weighted by Gasteiger charge is 2.20. The first-order valence-corrected chi connectivity index (χ1v) is 4.71. The molecule has 1 aromatic heterocycles. The van der Waals surface area contributed by atoms with Gasteiger partial charge in [-0.05, 0) is 6.92 Å². The van der Waals surface area contributed by atoms with Crippen molar-refractivity contribution in [1.29, 1.82) is 0 Å². The molecule has 6 heteroatoms. The van der Waals surface area contributed by atoms with Crippen LogP contribution in [0.5, 0.6) is 0 Å². The number of esters is 1. The van der Waals surface area contributed by atoms with Crippen LogP contribution in [0.15, 0.2) is 10.9 Å². The molecule has 15 heavy (non-hydrogen) atoms. The van der Waals surface area contributed by atoms with Gasteiger partial charge in [0, 0.05) is 6.04 Å². The Morgan fingerprint density at radius 2 is 2.40 bits per heavy atom. The number of nitrogens with one attached hydrogen (secondary N) is 1. The van der Waals surface area contributed by atoms with Crippen molar-refractivity contribution < 1.29 is 14.1 Å². The Morgan fingerprint density at radius 3 is 2.93 bits per heavy atom. The highest BCUT2D eigenvalue weighted by molar-refractivity contribution is 5.72. The third kappa shape index (κ3) is 3.32. The maximum Gasteiger partial charge on any atom is 0.309 e. The summed E-state index contributed by atoms with van der Waals surface area (Å²) in [6.45, 7) is 4.18. The summed E-state index contributed by atoms with van der Waals surface area (Å²) in [5.41, 5.74) is 0. The minimum Gasteiger partial charge on any atom is -0.469 e. The van der Waals surface area contributed by atoms with Crippen molar-refractivity contribution in [2.45, 2.75) is 26.4 Å². The van der Waals surface area contributed by atoms with Gasteiger partial charge in [0.05, 0.1) is 19.6 Å². The molecule has 1 rings (SSSR count). The summed E-state index contributed by atoms with van der Waals surface area (Å²) in [5.74, 6) is 0.129. The van der Waals surface area contributed by atoms with Crippen LogP contribution in [0.3, 0.4) is 0 Å². The van der Waals surface area contributed by atoms with Gasteiger partial charge in [0.15, 0.2) is 5.82 Å². The highest BCUT2D eigenvalue weighted by Crippen LogP contribution is 2.05. The topological polar surface area (TPSA) is 77.2 Å². The van der Waals surface area contributed by atoms with Crippen LogP contribution in [0.4, 0.5) is 0 Å². The zero-order chi connectivity index (χ0) is 11.3. The number of ether oxygens (including phenoxy) is 1. The van der Waals surface area contributed by atoms with E-state index in [9.17, 15) is 4.79 Å². The molecule has 1 N–H and O–H groups in total. The van der Waals surface area contributed by atoms with E-state index in [1.54, 1.807) is 6.92 Å². The van der Waals surface area contributed by atoms with Gasteiger partial charge < -0.3 is 14.6 Å². The monoisotopic (exact) mass is 213 g/mol. The van der Waals surface area contributed by atoms with Gasteiger partial charge >= 0.3 is 5.97 Å². The number of carbonyl (C=O) groups is 1. The van der Waals surface area contributed by atoms with E-state index in [2.05, 4.69) is 24.7 Å². The van der Waals surface area contributed by atoms with Crippen molar-refractivity contribution in [3.05, 3.63) is 12.2 Å². The van der Waals surface area contributed by atoms with E-state index in [0.717, 1.165) is 0 Å². The van der Waals surface area contributed by atoms with E-state index in [1.165, 1.54) is 13.5 Å². The predicted octanol–water partition coefficient (Wildman–Crippen LogP) is 0.357. The Kier molecular flexibility index (Phi) is 4.23. The summed E-state index contributed by atoms with van der Waals surface area (Å²) in [4.78, 5) is 15.1. The second-order valence-electron chi connectivity index (χ2n) is 3.33. The van der Waals surface area contributed by atoms with Gasteiger partial charge in [0.1, 0.15) is 0 Å². The van der Waals surface area contributed by atoms with Crippen LogP contribution in [-0.2, 0) is 16.1 Å². The number of hydrogen-bond donors (Lipinski definition) is 1. The van der Waals surface area contributed by atoms with E-state index >= 15 is 0 Å². The van der Waals surface area contributed by atoms with Crippen molar-refractivity contribution in [2.24, 2.45) is 5.92 Å². The Labute approximate surface area is 88.0 Å². The molecule has 0 radical (unpaired) electrons. The summed E-state index contributed by atoms with van der Waals surface area (Å²) in [6, 6.07) is -0.00375. The molecule has 0 aliphatic carbocycles. The molecule has 84 valence electrons. The quantitative estimate of drug-likeness (QED) is 0.711. The van der Waals surface area contributed by atoms with Gasteiger partial charge in [-0.3, -0.25) is 4.79 Å². The molecule has 2 atom stereocenters. The minimum absolute atomic E-state index is 0.00375. The maximum absolute atomic E-state index is 11.2. The van der Waals surface area contributed by atoms with Crippen molar-refractivity contribution >= 4 is 5.97 Å². The van der Waals surface area contributed by atoms with Crippen molar-refractivity contribution in [3.8, 4) is 0 Å². The Bertz CT molecular complexity index is 300. The Morgan fingerprint density at radius 1 is 1.67 bits per heavy atom. The summed E-state index contributed by atoms with van der Waals surface area (Å²) in [6.07, 6.45) is 1.27. The van der Waals surface area contributed by atoms with Crippen LogP contribution in [0.1, 0.15) is 19.7 Å². The van der Waals surface area contributed by atoms with Crippen LogP contribution in [0, 0.1) is 5.92 Å². The van der Waals surface area contributed by atoms with Crippen molar-refractivity contribution in [3.63, 3.8) is 0 Å². The van der Waals surface area contributed by atoms with E-state index < -0.39 is 0 Å². The van der Waals surface area contributed by atoms with Crippen LogP contribution < -0.4 is 5.32 Å². The lowest BCUT2D eigenvalue weighted by molar-refractivity contribution is -0.145. The smallest absolute Gasteiger partial charge is 0.309 e. The summed E-state index contributed by atoms with van der Waals surface area (Å²) in [5, 5.41) is 6.76. The lowest BCUT2D eigenvalue weighted by Crippen LogP contribution is -2.36. The lowest BCUT2D eigenvalue weighted by atomic mass is 10.0. The second kappa shape index (κ2) is 5.45. The fourth-order valence-electron chi connectivity index (χ4n) is 1.09. The molecule has 0 bridgehead atoms. The van der Waals surface area contributed by atoms with E-state index in [0.29, 0.717) is 12.4 Å². The standard InChI is InChI=1S/C9H15N3O3/c1-6(9(13)14-3)7(2)10-4-8-11-5-15-12-8/h5-7,10H,4H2,1-3H3. The molecule has 0 saturated carbocycles. The summed E-state index contributed by atoms with van der Waals surface area (Å²) >= 11 is 0. The zero-order valence-electron chi connectivity index (χ0n) is 9.06. The molecule has 0 aliphatic heterocycles. The number of hydrogen-bond acceptors (Lipinski definition) is 6. The molecular formula is C9H15N3O3. The fourth-order valence-corrected chi connectivity index (χ4v) is 1.09. The average molecular weight is 213 g/mol. The first-order chi connectivity index (χ1) is 7.15. The molecule has 0 spiro atoms. The number of carbonyl (C=O) groups excluding carboxylic acids is 1. The molecule has 1 heterocycles. The predicted molar refractivity (Wildman–Crippen MR) is 51.8 cm³/mol. The Hall–Kier alpha value is -1.43. The number of rotatable bonds is 5. The average Bonchev–Trinajstić information content (AvgIpc) is 2.76. The number of nitrogens with zero attached hydrogens (tertiary/aromatic N) is 2. The number of aromatic nitrogens is 2. The molecule has 0 fully saturated rings. The van der Waals surface area contributed by atoms with Gasteiger partial charge in [0.25, 0.3) is 0 Å². The minimum atomic E-state index is -0.233. The SMILES string of the molecule is COC(=O)C(C)C(C)NCc1ncon1. The van der Waals surface area contributed by atoms with E-state index in [1.807, 2.05) is 6.92 Å². The molecule has 6 nitrogen and oxygen atoms in total. The van der Waals surface area contributed by atoms with Gasteiger partial charge in [-0.2, -0.15) is 4.98 Å². The molecule has 0 aliphatic rings. The molecule has 0 saturated heterocycles. The molecular weight excluding hydrogens is 198 g/mol. The molecule has 0 amide bonds. The first kappa shape index (κ1) is 11.6. The van der Waals surface area contributed by atoms with Crippen LogP contribution in [0.25, 0.3) is 0 Å². The first-order valence-electron chi connectivity index (χ1n) is 4.71. The van der Waals surface area contributed by atoms with Crippen LogP contribution >= 0.6 is 0 Å². The molecule has 0 aromatic carbocycles. The summed E-state index contributed by atoms with van der Waals surface area (Å²) in [7, 11) is 1.38. The fraction of sp³-hybridized carbons (Fsp3) is 0.667. The zero-order valence-corrected chi connectivity index (χ0v) is 9.06. The van der Waals surface area contributed by atoms with Gasteiger partial charge in [0.2, 0.25) is 6.39 Å². The second-order valence-corrected chi connectivity index (χ2v) is 3.33. The van der Waals surface area contributed by atoms with E-state index in [4.69, 9.17) is 0 Å².